The summed E-state index contributed by atoms with van der Waals surface area (Å²) in [6.45, 7) is 0. The molecule has 0 atom stereocenters. The lowest BCUT2D eigenvalue weighted by atomic mass is 10.1. The molecule has 20 heavy (non-hydrogen) atoms. The number of hydrogen-bond acceptors (Lipinski definition) is 5. The Morgan fingerprint density at radius 3 is 2.70 bits per heavy atom. The second kappa shape index (κ2) is 5.08. The molecule has 100 valence electrons. The van der Waals surface area contributed by atoms with Gasteiger partial charge < -0.3 is 10.3 Å². The van der Waals surface area contributed by atoms with Crippen LogP contribution in [0.4, 0.5) is 10.1 Å². The van der Waals surface area contributed by atoms with Crippen molar-refractivity contribution in [2.75, 3.05) is 5.73 Å². The zero-order valence-corrected chi connectivity index (χ0v) is 10.5. The van der Waals surface area contributed by atoms with Gasteiger partial charge in [0.15, 0.2) is 5.82 Å². The fourth-order valence-corrected chi connectivity index (χ4v) is 1.80. The van der Waals surface area contributed by atoms with Crippen LogP contribution < -0.4 is 5.73 Å². The molecule has 6 heteroatoms. The molecule has 0 unspecified atom stereocenters. The molecule has 0 radical (unpaired) electrons. The van der Waals surface area contributed by atoms with Crippen LogP contribution in [0, 0.1) is 5.82 Å². The van der Waals surface area contributed by atoms with Crippen molar-refractivity contribution in [1.29, 1.82) is 0 Å². The van der Waals surface area contributed by atoms with Crippen molar-refractivity contribution in [1.82, 2.24) is 15.1 Å². The molecule has 0 fully saturated rings. The third kappa shape index (κ3) is 2.64. The lowest BCUT2D eigenvalue weighted by Gasteiger charge is -1.96. The smallest absolute Gasteiger partial charge is 0.259 e. The summed E-state index contributed by atoms with van der Waals surface area (Å²) >= 11 is 0. The number of aromatic nitrogens is 3. The highest BCUT2D eigenvalue weighted by atomic mass is 19.1. The summed E-state index contributed by atoms with van der Waals surface area (Å²) in [7, 11) is 0. The molecule has 0 aliphatic rings. The van der Waals surface area contributed by atoms with Crippen molar-refractivity contribution in [3.63, 3.8) is 0 Å². The SMILES string of the molecule is Nc1cncc(-c2nc(Cc3ccc(F)cc3)no2)c1. The van der Waals surface area contributed by atoms with E-state index in [1.54, 1.807) is 30.6 Å². The van der Waals surface area contributed by atoms with Gasteiger partial charge in [0.05, 0.1) is 11.3 Å². The van der Waals surface area contributed by atoms with E-state index in [2.05, 4.69) is 15.1 Å². The number of hydrogen-bond donors (Lipinski definition) is 1. The zero-order valence-electron chi connectivity index (χ0n) is 10.5. The lowest BCUT2D eigenvalue weighted by molar-refractivity contribution is 0.424. The number of anilines is 1. The van der Waals surface area contributed by atoms with Crippen LogP contribution in [0.25, 0.3) is 11.5 Å². The molecular weight excluding hydrogens is 259 g/mol. The molecule has 3 rings (SSSR count). The number of nitrogens with two attached hydrogens (primary N) is 1. The van der Waals surface area contributed by atoms with E-state index < -0.39 is 0 Å². The van der Waals surface area contributed by atoms with E-state index in [0.717, 1.165) is 5.56 Å². The largest absolute Gasteiger partial charge is 0.397 e. The summed E-state index contributed by atoms with van der Waals surface area (Å²) in [6.07, 6.45) is 3.62. The minimum Gasteiger partial charge on any atom is -0.397 e. The highest BCUT2D eigenvalue weighted by Crippen LogP contribution is 2.19. The van der Waals surface area contributed by atoms with E-state index in [9.17, 15) is 4.39 Å². The van der Waals surface area contributed by atoms with Crippen LogP contribution in [0.5, 0.6) is 0 Å². The van der Waals surface area contributed by atoms with Crippen LogP contribution in [0.2, 0.25) is 0 Å². The maximum atomic E-state index is 12.8. The number of benzene rings is 1. The predicted octanol–water partition coefficient (Wildman–Crippen LogP) is 2.44. The molecule has 0 saturated carbocycles. The quantitative estimate of drug-likeness (QED) is 0.790. The molecule has 0 aliphatic heterocycles. The molecule has 3 aromatic rings. The highest BCUT2D eigenvalue weighted by Gasteiger charge is 2.10. The minimum atomic E-state index is -0.270. The van der Waals surface area contributed by atoms with Crippen molar-refractivity contribution in [3.8, 4) is 11.5 Å². The number of nitrogens with zero attached hydrogens (tertiary/aromatic N) is 3. The fourth-order valence-electron chi connectivity index (χ4n) is 1.80. The molecule has 0 aliphatic carbocycles. The first-order chi connectivity index (χ1) is 9.70. The van der Waals surface area contributed by atoms with Crippen LogP contribution in [-0.4, -0.2) is 15.1 Å². The fraction of sp³-hybridized carbons (Fsp3) is 0.0714. The molecule has 5 nitrogen and oxygen atoms in total. The Morgan fingerprint density at radius 1 is 1.15 bits per heavy atom. The maximum absolute atomic E-state index is 12.8. The van der Waals surface area contributed by atoms with Gasteiger partial charge in [0, 0.05) is 18.8 Å². The number of rotatable bonds is 3. The molecular formula is C14H11FN4O. The second-order valence-electron chi connectivity index (χ2n) is 4.33. The Morgan fingerprint density at radius 2 is 1.95 bits per heavy atom. The summed E-state index contributed by atoms with van der Waals surface area (Å²) in [4.78, 5) is 8.24. The molecule has 2 N–H and O–H groups in total. The Kier molecular flexibility index (Phi) is 3.12. The van der Waals surface area contributed by atoms with E-state index in [4.69, 9.17) is 10.3 Å². The summed E-state index contributed by atoms with van der Waals surface area (Å²) in [6, 6.07) is 7.89. The first-order valence-corrected chi connectivity index (χ1v) is 5.98. The van der Waals surface area contributed by atoms with Gasteiger partial charge in [-0.05, 0) is 23.8 Å². The summed E-state index contributed by atoms with van der Waals surface area (Å²) < 4.78 is 18.0. The topological polar surface area (TPSA) is 77.8 Å². The van der Waals surface area contributed by atoms with Crippen molar-refractivity contribution < 1.29 is 8.91 Å². The molecule has 0 spiro atoms. The highest BCUT2D eigenvalue weighted by molar-refractivity contribution is 5.57. The van der Waals surface area contributed by atoms with Crippen LogP contribution in [0.15, 0.2) is 47.2 Å². The Bertz CT molecular complexity index is 724. The molecule has 1 aromatic carbocycles. The van der Waals surface area contributed by atoms with E-state index >= 15 is 0 Å². The first kappa shape index (κ1) is 12.3. The molecule has 2 heterocycles. The Labute approximate surface area is 114 Å². The minimum absolute atomic E-state index is 0.270. The van der Waals surface area contributed by atoms with Crippen LogP contribution in [0.3, 0.4) is 0 Å². The van der Waals surface area contributed by atoms with Gasteiger partial charge >= 0.3 is 0 Å². The van der Waals surface area contributed by atoms with Crippen LogP contribution in [-0.2, 0) is 6.42 Å². The van der Waals surface area contributed by atoms with Crippen LogP contribution in [0.1, 0.15) is 11.4 Å². The van der Waals surface area contributed by atoms with Gasteiger partial charge in [0.1, 0.15) is 5.82 Å². The van der Waals surface area contributed by atoms with Gasteiger partial charge in [0.2, 0.25) is 0 Å². The van der Waals surface area contributed by atoms with Gasteiger partial charge in [-0.2, -0.15) is 4.98 Å². The number of pyridine rings is 1. The van der Waals surface area contributed by atoms with Crippen molar-refractivity contribution >= 4 is 5.69 Å². The lowest BCUT2D eigenvalue weighted by Crippen LogP contribution is -1.91. The third-order valence-electron chi connectivity index (χ3n) is 2.75. The van der Waals surface area contributed by atoms with E-state index in [1.807, 2.05) is 0 Å². The first-order valence-electron chi connectivity index (χ1n) is 5.98. The summed E-state index contributed by atoms with van der Waals surface area (Å²) in [5.74, 6) is 0.615. The average Bonchev–Trinajstić information content (AvgIpc) is 2.90. The van der Waals surface area contributed by atoms with Crippen LogP contribution >= 0.6 is 0 Å². The van der Waals surface area contributed by atoms with E-state index in [1.165, 1.54) is 12.1 Å². The van der Waals surface area contributed by atoms with Gasteiger partial charge in [-0.15, -0.1) is 0 Å². The molecule has 2 aromatic heterocycles. The monoisotopic (exact) mass is 270 g/mol. The van der Waals surface area contributed by atoms with Crippen molar-refractivity contribution in [2.24, 2.45) is 0 Å². The van der Waals surface area contributed by atoms with E-state index in [-0.39, 0.29) is 5.82 Å². The number of nitrogen functional groups attached to an aromatic ring is 1. The molecule has 0 bridgehead atoms. The summed E-state index contributed by atoms with van der Waals surface area (Å²) in [5.41, 5.74) is 7.76. The van der Waals surface area contributed by atoms with Gasteiger partial charge in [-0.25, -0.2) is 4.39 Å². The Balaban J connectivity index is 1.82. The maximum Gasteiger partial charge on any atom is 0.259 e. The number of halogens is 1. The Hall–Kier alpha value is -2.76. The molecule has 0 saturated heterocycles. The third-order valence-corrected chi connectivity index (χ3v) is 2.75. The average molecular weight is 270 g/mol. The summed E-state index contributed by atoms with van der Waals surface area (Å²) in [5, 5.41) is 3.89. The molecule has 0 amide bonds. The van der Waals surface area contributed by atoms with Gasteiger partial charge in [0.25, 0.3) is 5.89 Å². The van der Waals surface area contributed by atoms with Crippen molar-refractivity contribution in [2.45, 2.75) is 6.42 Å². The van der Waals surface area contributed by atoms with Gasteiger partial charge in [-0.1, -0.05) is 17.3 Å². The zero-order chi connectivity index (χ0) is 13.9. The van der Waals surface area contributed by atoms with Crippen molar-refractivity contribution in [3.05, 3.63) is 59.9 Å². The standard InChI is InChI=1S/C14H11FN4O/c15-11-3-1-9(2-4-11)5-13-18-14(20-19-13)10-6-12(16)8-17-7-10/h1-4,6-8H,5,16H2. The van der Waals surface area contributed by atoms with E-state index in [0.29, 0.717) is 29.4 Å². The predicted molar refractivity (Wildman–Crippen MR) is 71.1 cm³/mol. The normalized spacial score (nSPS) is 10.7. The second-order valence-corrected chi connectivity index (χ2v) is 4.33. The van der Waals surface area contributed by atoms with Gasteiger partial charge in [-0.3, -0.25) is 4.98 Å².